The molecule has 0 radical (unpaired) electrons. The number of hydrogen-bond donors (Lipinski definition) is 2. The summed E-state index contributed by atoms with van der Waals surface area (Å²) in [5.74, 6) is -0.200. The van der Waals surface area contributed by atoms with E-state index in [2.05, 4.69) is 10.3 Å². The number of amides is 1. The average molecular weight is 226 g/mol. The van der Waals surface area contributed by atoms with Gasteiger partial charge in [0.2, 0.25) is 0 Å². The zero-order valence-corrected chi connectivity index (χ0v) is 9.54. The van der Waals surface area contributed by atoms with E-state index in [1.54, 1.807) is 25.3 Å². The summed E-state index contributed by atoms with van der Waals surface area (Å²) in [6.45, 7) is 1.67. The molecule has 0 fully saturated rings. The van der Waals surface area contributed by atoms with Gasteiger partial charge in [0.15, 0.2) is 0 Å². The van der Waals surface area contributed by atoms with E-state index in [0.29, 0.717) is 10.6 Å². The molecular formula is C10H14N2O2S. The lowest BCUT2D eigenvalue weighted by Gasteiger charge is -2.11. The highest BCUT2D eigenvalue weighted by Crippen LogP contribution is 2.16. The van der Waals surface area contributed by atoms with E-state index in [1.807, 2.05) is 6.26 Å². The zero-order valence-electron chi connectivity index (χ0n) is 8.73. The van der Waals surface area contributed by atoms with Crippen LogP contribution in [0.2, 0.25) is 0 Å². The van der Waals surface area contributed by atoms with Crippen molar-refractivity contribution in [2.24, 2.45) is 0 Å². The molecule has 1 unspecified atom stereocenters. The van der Waals surface area contributed by atoms with Gasteiger partial charge >= 0.3 is 0 Å². The summed E-state index contributed by atoms with van der Waals surface area (Å²) in [6.07, 6.45) is 3.52. The number of pyridine rings is 1. The van der Waals surface area contributed by atoms with Crippen molar-refractivity contribution in [3.63, 3.8) is 0 Å². The van der Waals surface area contributed by atoms with Crippen LogP contribution in [0.25, 0.3) is 0 Å². The molecule has 1 aromatic rings. The minimum atomic E-state index is -0.243. The third-order valence-electron chi connectivity index (χ3n) is 1.86. The number of aliphatic hydroxyl groups is 1. The number of nitrogens with zero attached hydrogens (tertiary/aromatic N) is 1. The Balaban J connectivity index is 2.81. The predicted molar refractivity (Wildman–Crippen MR) is 60.0 cm³/mol. The molecule has 4 nitrogen and oxygen atoms in total. The molecule has 0 saturated heterocycles. The van der Waals surface area contributed by atoms with Gasteiger partial charge < -0.3 is 10.4 Å². The molecule has 15 heavy (non-hydrogen) atoms. The van der Waals surface area contributed by atoms with Gasteiger partial charge in [-0.05, 0) is 25.3 Å². The Morgan fingerprint density at radius 2 is 2.47 bits per heavy atom. The van der Waals surface area contributed by atoms with Crippen molar-refractivity contribution in [3.8, 4) is 0 Å². The number of rotatable bonds is 4. The van der Waals surface area contributed by atoms with E-state index in [4.69, 9.17) is 5.11 Å². The number of aliphatic hydroxyl groups excluding tert-OH is 1. The first-order valence-electron chi connectivity index (χ1n) is 4.59. The fraction of sp³-hybridized carbons (Fsp3) is 0.400. The van der Waals surface area contributed by atoms with Crippen molar-refractivity contribution in [1.29, 1.82) is 0 Å². The first-order chi connectivity index (χ1) is 7.19. The molecule has 0 aliphatic carbocycles. The third-order valence-corrected chi connectivity index (χ3v) is 2.57. The SMILES string of the molecule is CSc1ncccc1C(=O)NC(C)CO. The third kappa shape index (κ3) is 3.21. The summed E-state index contributed by atoms with van der Waals surface area (Å²) in [6, 6.07) is 3.20. The standard InChI is InChI=1S/C10H14N2O2S/c1-7(6-13)12-9(14)8-4-3-5-11-10(8)15-2/h3-5,7,13H,6H2,1-2H3,(H,12,14). The molecule has 5 heteroatoms. The van der Waals surface area contributed by atoms with Crippen molar-refractivity contribution < 1.29 is 9.90 Å². The molecule has 0 spiro atoms. The summed E-state index contributed by atoms with van der Waals surface area (Å²) in [7, 11) is 0. The van der Waals surface area contributed by atoms with E-state index in [1.165, 1.54) is 11.8 Å². The minimum Gasteiger partial charge on any atom is -0.394 e. The molecule has 1 aromatic heterocycles. The first-order valence-corrected chi connectivity index (χ1v) is 5.82. The maximum absolute atomic E-state index is 11.7. The predicted octanol–water partition coefficient (Wildman–Crippen LogP) is 0.914. The van der Waals surface area contributed by atoms with Crippen LogP contribution in [0.15, 0.2) is 23.4 Å². The minimum absolute atomic E-state index is 0.0688. The smallest absolute Gasteiger partial charge is 0.254 e. The second kappa shape index (κ2) is 5.72. The van der Waals surface area contributed by atoms with Crippen LogP contribution in [-0.2, 0) is 0 Å². The van der Waals surface area contributed by atoms with Gasteiger partial charge in [-0.3, -0.25) is 4.79 Å². The van der Waals surface area contributed by atoms with Crippen LogP contribution in [0.1, 0.15) is 17.3 Å². The highest BCUT2D eigenvalue weighted by molar-refractivity contribution is 7.98. The lowest BCUT2D eigenvalue weighted by Crippen LogP contribution is -2.35. The van der Waals surface area contributed by atoms with Crippen LogP contribution in [0.4, 0.5) is 0 Å². The molecule has 1 atom stereocenters. The van der Waals surface area contributed by atoms with Crippen molar-refractivity contribution in [2.75, 3.05) is 12.9 Å². The summed E-state index contributed by atoms with van der Waals surface area (Å²) < 4.78 is 0. The topological polar surface area (TPSA) is 62.2 Å². The maximum Gasteiger partial charge on any atom is 0.254 e. The molecule has 82 valence electrons. The lowest BCUT2D eigenvalue weighted by molar-refractivity contribution is 0.0918. The fourth-order valence-electron chi connectivity index (χ4n) is 1.07. The van der Waals surface area contributed by atoms with E-state index < -0.39 is 0 Å². The monoisotopic (exact) mass is 226 g/mol. The van der Waals surface area contributed by atoms with E-state index >= 15 is 0 Å². The van der Waals surface area contributed by atoms with Crippen LogP contribution in [0.3, 0.4) is 0 Å². The largest absolute Gasteiger partial charge is 0.394 e. The highest BCUT2D eigenvalue weighted by Gasteiger charge is 2.13. The molecule has 1 rings (SSSR count). The molecule has 1 amide bonds. The van der Waals surface area contributed by atoms with Gasteiger partial charge in [-0.25, -0.2) is 4.98 Å². The van der Waals surface area contributed by atoms with Gasteiger partial charge in [0, 0.05) is 12.2 Å². The Kier molecular flexibility index (Phi) is 4.58. The Hall–Kier alpha value is -1.07. The van der Waals surface area contributed by atoms with Gasteiger partial charge in [0.05, 0.1) is 12.2 Å². The second-order valence-corrected chi connectivity index (χ2v) is 3.91. The van der Waals surface area contributed by atoms with Crippen molar-refractivity contribution in [3.05, 3.63) is 23.9 Å². The molecule has 0 saturated carbocycles. The van der Waals surface area contributed by atoms with Gasteiger partial charge in [-0.2, -0.15) is 0 Å². The van der Waals surface area contributed by atoms with Crippen molar-refractivity contribution >= 4 is 17.7 Å². The van der Waals surface area contributed by atoms with Crippen molar-refractivity contribution in [1.82, 2.24) is 10.3 Å². The molecule has 1 heterocycles. The Bertz CT molecular complexity index is 344. The molecule has 2 N–H and O–H groups in total. The number of hydrogen-bond acceptors (Lipinski definition) is 4. The Labute approximate surface area is 93.1 Å². The summed E-state index contributed by atoms with van der Waals surface area (Å²) in [4.78, 5) is 15.8. The van der Waals surface area contributed by atoms with E-state index in [9.17, 15) is 4.79 Å². The normalized spacial score (nSPS) is 12.2. The quantitative estimate of drug-likeness (QED) is 0.749. The summed E-state index contributed by atoms with van der Waals surface area (Å²) in [5, 5.41) is 12.2. The molecule has 0 aliphatic heterocycles. The maximum atomic E-state index is 11.7. The Morgan fingerprint density at radius 3 is 3.07 bits per heavy atom. The van der Waals surface area contributed by atoms with Gasteiger partial charge in [-0.1, -0.05) is 0 Å². The van der Waals surface area contributed by atoms with Gasteiger partial charge in [-0.15, -0.1) is 11.8 Å². The highest BCUT2D eigenvalue weighted by atomic mass is 32.2. The number of aromatic nitrogens is 1. The summed E-state index contributed by atoms with van der Waals surface area (Å²) >= 11 is 1.42. The molecule has 0 aromatic carbocycles. The van der Waals surface area contributed by atoms with Crippen LogP contribution in [0.5, 0.6) is 0 Å². The molecule has 0 bridgehead atoms. The molecule has 0 aliphatic rings. The second-order valence-electron chi connectivity index (χ2n) is 3.12. The van der Waals surface area contributed by atoms with Crippen molar-refractivity contribution in [2.45, 2.75) is 18.0 Å². The lowest BCUT2D eigenvalue weighted by atomic mass is 10.2. The van der Waals surface area contributed by atoms with Crippen LogP contribution < -0.4 is 5.32 Å². The fourth-order valence-corrected chi connectivity index (χ4v) is 1.62. The summed E-state index contributed by atoms with van der Waals surface area (Å²) in [5.41, 5.74) is 0.547. The number of carbonyl (C=O) groups is 1. The average Bonchev–Trinajstić information content (AvgIpc) is 2.28. The van der Waals surface area contributed by atoms with Crippen LogP contribution in [0, 0.1) is 0 Å². The van der Waals surface area contributed by atoms with Gasteiger partial charge in [0.25, 0.3) is 5.91 Å². The van der Waals surface area contributed by atoms with E-state index in [-0.39, 0.29) is 18.6 Å². The first kappa shape index (κ1) is 12.0. The number of nitrogens with one attached hydrogen (secondary N) is 1. The molecular weight excluding hydrogens is 212 g/mol. The van der Waals surface area contributed by atoms with E-state index in [0.717, 1.165) is 0 Å². The van der Waals surface area contributed by atoms with Crippen LogP contribution >= 0.6 is 11.8 Å². The van der Waals surface area contributed by atoms with Crippen LogP contribution in [-0.4, -0.2) is 34.9 Å². The van der Waals surface area contributed by atoms with Gasteiger partial charge in [0.1, 0.15) is 5.03 Å². The number of thioether (sulfide) groups is 1. The Morgan fingerprint density at radius 1 is 1.73 bits per heavy atom. The number of carbonyl (C=O) groups excluding carboxylic acids is 1. The zero-order chi connectivity index (χ0) is 11.3.